The summed E-state index contributed by atoms with van der Waals surface area (Å²) in [6.07, 6.45) is 3.10. The molecule has 17 heavy (non-hydrogen) atoms. The summed E-state index contributed by atoms with van der Waals surface area (Å²) < 4.78 is 0. The average molecular weight is 288 g/mol. The van der Waals surface area contributed by atoms with Crippen LogP contribution in [0.25, 0.3) is 0 Å². The van der Waals surface area contributed by atoms with Gasteiger partial charge in [-0.05, 0) is 17.7 Å². The number of nitrogen functional groups attached to an aromatic ring is 2. The number of anilines is 2. The Labute approximate surface area is 112 Å². The van der Waals surface area contributed by atoms with Crippen molar-refractivity contribution in [3.05, 3.63) is 28.8 Å². The highest BCUT2D eigenvalue weighted by molar-refractivity contribution is 7.99. The number of rotatable bonds is 2. The highest BCUT2D eigenvalue weighted by Crippen LogP contribution is 2.36. The molecule has 2 rings (SSSR count). The van der Waals surface area contributed by atoms with Crippen LogP contribution < -0.4 is 11.5 Å². The maximum absolute atomic E-state index is 6.01. The number of nitrogens with zero attached hydrogens (tertiary/aromatic N) is 3. The molecule has 88 valence electrons. The lowest BCUT2D eigenvalue weighted by Crippen LogP contribution is -1.96. The van der Waals surface area contributed by atoms with Gasteiger partial charge in [0.15, 0.2) is 0 Å². The van der Waals surface area contributed by atoms with Crippen LogP contribution in [0.5, 0.6) is 0 Å². The Balaban J connectivity index is 2.35. The first-order chi connectivity index (χ1) is 8.08. The van der Waals surface area contributed by atoms with Crippen LogP contribution in [0.3, 0.4) is 0 Å². The Morgan fingerprint density at radius 3 is 2.53 bits per heavy atom. The van der Waals surface area contributed by atoms with Crippen molar-refractivity contribution in [2.24, 2.45) is 0 Å². The van der Waals surface area contributed by atoms with Crippen molar-refractivity contribution < 1.29 is 0 Å². The van der Waals surface area contributed by atoms with Gasteiger partial charge in [-0.25, -0.2) is 9.97 Å². The first kappa shape index (κ1) is 12.2. The first-order valence-corrected chi connectivity index (χ1v) is 6.01. The molecule has 0 bridgehead atoms. The van der Waals surface area contributed by atoms with E-state index in [0.29, 0.717) is 15.7 Å². The molecule has 0 fully saturated rings. The molecular formula is C9H7Cl2N5S. The number of pyridine rings is 1. The molecule has 0 saturated heterocycles. The van der Waals surface area contributed by atoms with Gasteiger partial charge in [-0.15, -0.1) is 0 Å². The number of aromatic nitrogens is 3. The fourth-order valence-electron chi connectivity index (χ4n) is 1.08. The van der Waals surface area contributed by atoms with Gasteiger partial charge in [0.2, 0.25) is 5.28 Å². The number of hydrogen-bond acceptors (Lipinski definition) is 6. The third kappa shape index (κ3) is 2.71. The number of nitrogens with two attached hydrogens (primary N) is 2. The lowest BCUT2D eigenvalue weighted by Gasteiger charge is -2.06. The van der Waals surface area contributed by atoms with E-state index in [9.17, 15) is 0 Å². The summed E-state index contributed by atoms with van der Waals surface area (Å²) in [6, 6.07) is 1.73. The second-order valence-corrected chi connectivity index (χ2v) is 4.80. The van der Waals surface area contributed by atoms with Gasteiger partial charge in [-0.1, -0.05) is 23.4 Å². The van der Waals surface area contributed by atoms with E-state index >= 15 is 0 Å². The largest absolute Gasteiger partial charge is 0.383 e. The van der Waals surface area contributed by atoms with Crippen LogP contribution in [-0.4, -0.2) is 15.0 Å². The zero-order valence-electron chi connectivity index (χ0n) is 8.39. The normalized spacial score (nSPS) is 10.5. The van der Waals surface area contributed by atoms with Crippen LogP contribution >= 0.6 is 35.0 Å². The van der Waals surface area contributed by atoms with Crippen molar-refractivity contribution in [2.45, 2.75) is 9.79 Å². The molecule has 0 atom stereocenters. The summed E-state index contributed by atoms with van der Waals surface area (Å²) >= 11 is 12.9. The molecule has 2 heterocycles. The molecule has 0 aliphatic rings. The van der Waals surface area contributed by atoms with Crippen molar-refractivity contribution in [3.8, 4) is 0 Å². The Morgan fingerprint density at radius 2 is 1.82 bits per heavy atom. The van der Waals surface area contributed by atoms with Gasteiger partial charge < -0.3 is 11.5 Å². The van der Waals surface area contributed by atoms with Crippen molar-refractivity contribution in [1.29, 1.82) is 0 Å². The summed E-state index contributed by atoms with van der Waals surface area (Å²) in [4.78, 5) is 12.9. The standard InChI is InChI=1S/C9H7Cl2N5S/c10-6-4(1-2-14-8(6)13)17-5-3-15-9(11)16-7(5)12/h1-3H,(H2,13,14)(H2,12,15,16). The molecule has 0 saturated carbocycles. The second-order valence-electron chi connectivity index (χ2n) is 3.00. The van der Waals surface area contributed by atoms with E-state index in [1.807, 2.05) is 0 Å². The van der Waals surface area contributed by atoms with E-state index in [4.69, 9.17) is 34.7 Å². The van der Waals surface area contributed by atoms with E-state index in [-0.39, 0.29) is 11.1 Å². The molecule has 0 radical (unpaired) electrons. The summed E-state index contributed by atoms with van der Waals surface area (Å²) in [5, 5.41) is 0.485. The second kappa shape index (κ2) is 4.95. The van der Waals surface area contributed by atoms with Crippen LogP contribution in [0, 0.1) is 0 Å². The van der Waals surface area contributed by atoms with E-state index in [2.05, 4.69) is 15.0 Å². The lowest BCUT2D eigenvalue weighted by atomic mass is 10.5. The monoisotopic (exact) mass is 287 g/mol. The van der Waals surface area contributed by atoms with Gasteiger partial charge in [-0.3, -0.25) is 0 Å². The average Bonchev–Trinajstić information content (AvgIpc) is 2.28. The van der Waals surface area contributed by atoms with Crippen molar-refractivity contribution in [3.63, 3.8) is 0 Å². The van der Waals surface area contributed by atoms with Gasteiger partial charge in [0.05, 0.1) is 9.92 Å². The molecule has 0 aliphatic heterocycles. The van der Waals surface area contributed by atoms with E-state index in [0.717, 1.165) is 4.90 Å². The topological polar surface area (TPSA) is 90.7 Å². The minimum atomic E-state index is 0.104. The van der Waals surface area contributed by atoms with Crippen LogP contribution in [0.2, 0.25) is 10.3 Å². The Hall–Kier alpha value is -1.24. The van der Waals surface area contributed by atoms with Crippen LogP contribution in [0.15, 0.2) is 28.3 Å². The Kier molecular flexibility index (Phi) is 3.56. The van der Waals surface area contributed by atoms with Crippen LogP contribution in [0.1, 0.15) is 0 Å². The Morgan fingerprint density at radius 1 is 1.06 bits per heavy atom. The molecule has 0 aromatic carbocycles. The van der Waals surface area contributed by atoms with Gasteiger partial charge in [0, 0.05) is 17.3 Å². The summed E-state index contributed by atoms with van der Waals surface area (Å²) in [5.74, 6) is 0.562. The van der Waals surface area contributed by atoms with E-state index in [1.165, 1.54) is 18.0 Å². The van der Waals surface area contributed by atoms with Gasteiger partial charge >= 0.3 is 0 Å². The molecule has 0 amide bonds. The third-order valence-electron chi connectivity index (χ3n) is 1.85. The highest BCUT2D eigenvalue weighted by atomic mass is 35.5. The van der Waals surface area contributed by atoms with Crippen LogP contribution in [0.4, 0.5) is 11.6 Å². The number of hydrogen-bond donors (Lipinski definition) is 2. The fraction of sp³-hybridized carbons (Fsp3) is 0. The zero-order valence-corrected chi connectivity index (χ0v) is 10.7. The predicted molar refractivity (Wildman–Crippen MR) is 69.2 cm³/mol. The highest BCUT2D eigenvalue weighted by Gasteiger charge is 2.10. The van der Waals surface area contributed by atoms with E-state index < -0.39 is 0 Å². The smallest absolute Gasteiger partial charge is 0.224 e. The Bertz CT molecular complexity index is 563. The van der Waals surface area contributed by atoms with Crippen molar-refractivity contribution >= 4 is 46.6 Å². The van der Waals surface area contributed by atoms with Gasteiger partial charge in [0.1, 0.15) is 11.6 Å². The number of halogens is 2. The third-order valence-corrected chi connectivity index (χ3v) is 3.64. The molecule has 0 unspecified atom stereocenters. The van der Waals surface area contributed by atoms with Crippen LogP contribution in [-0.2, 0) is 0 Å². The molecule has 5 nitrogen and oxygen atoms in total. The lowest BCUT2D eigenvalue weighted by molar-refractivity contribution is 1.11. The summed E-state index contributed by atoms with van der Waals surface area (Å²) in [6.45, 7) is 0. The molecule has 2 aromatic rings. The summed E-state index contributed by atoms with van der Waals surface area (Å²) in [7, 11) is 0. The van der Waals surface area contributed by atoms with E-state index in [1.54, 1.807) is 12.3 Å². The first-order valence-electron chi connectivity index (χ1n) is 4.44. The molecule has 2 aromatic heterocycles. The maximum atomic E-state index is 6.01. The van der Waals surface area contributed by atoms with Crippen molar-refractivity contribution in [1.82, 2.24) is 15.0 Å². The zero-order chi connectivity index (χ0) is 12.4. The van der Waals surface area contributed by atoms with Gasteiger partial charge in [-0.2, -0.15) is 4.98 Å². The SMILES string of the molecule is Nc1nc(Cl)ncc1Sc1ccnc(N)c1Cl. The molecular weight excluding hydrogens is 281 g/mol. The quantitative estimate of drug-likeness (QED) is 0.825. The molecule has 4 N–H and O–H groups in total. The molecule has 0 spiro atoms. The minimum absolute atomic E-state index is 0.104. The molecule has 0 aliphatic carbocycles. The summed E-state index contributed by atoms with van der Waals surface area (Å²) in [5.41, 5.74) is 11.3. The minimum Gasteiger partial charge on any atom is -0.383 e. The molecule has 8 heteroatoms. The van der Waals surface area contributed by atoms with Gasteiger partial charge in [0.25, 0.3) is 0 Å². The fourth-order valence-corrected chi connectivity index (χ4v) is 2.26. The van der Waals surface area contributed by atoms with Crippen molar-refractivity contribution in [2.75, 3.05) is 11.5 Å². The predicted octanol–water partition coefficient (Wildman–Crippen LogP) is 2.49. The maximum Gasteiger partial charge on any atom is 0.224 e.